The van der Waals surface area contributed by atoms with E-state index >= 15 is 0 Å². The highest BCUT2D eigenvalue weighted by molar-refractivity contribution is 6.26. The number of fused-ring (bicyclic) bond motifs is 14. The molecule has 0 N–H and O–H groups in total. The molecule has 124 heavy (non-hydrogen) atoms. The Morgan fingerprint density at radius 3 is 0.750 bits per heavy atom. The van der Waals surface area contributed by atoms with Crippen molar-refractivity contribution in [2.24, 2.45) is 0 Å². The zero-order chi connectivity index (χ0) is 82.0. The van der Waals surface area contributed by atoms with Crippen molar-refractivity contribution < 1.29 is 0 Å². The van der Waals surface area contributed by atoms with Gasteiger partial charge in [-0.05, 0) is 277 Å². The first-order chi connectivity index (χ1) is 61.5. The average molecular weight is 1570 g/mol. The summed E-state index contributed by atoms with van der Waals surface area (Å²) in [5, 5.41) is 33.2. The molecule has 0 saturated carbocycles. The molecule has 0 heteroatoms. The Kier molecular flexibility index (Phi) is 18.4. The van der Waals surface area contributed by atoms with Crippen molar-refractivity contribution in [2.75, 3.05) is 0 Å². The maximum atomic E-state index is 2.37. The third-order valence-corrected chi connectivity index (χ3v) is 25.7. The van der Waals surface area contributed by atoms with Crippen LogP contribution < -0.4 is 0 Å². The summed E-state index contributed by atoms with van der Waals surface area (Å²) >= 11 is 0. The third kappa shape index (κ3) is 13.0. The zero-order valence-electron chi connectivity index (χ0n) is 68.2. The van der Waals surface area contributed by atoms with Crippen LogP contribution in [0.5, 0.6) is 0 Å². The quantitative estimate of drug-likeness (QED) is 0.0998. The minimum atomic E-state index is 1.23. The summed E-state index contributed by atoms with van der Waals surface area (Å²) in [5.74, 6) is 0. The molecule has 0 aliphatic carbocycles. The lowest BCUT2D eigenvalue weighted by atomic mass is 9.84. The Bertz CT molecular complexity index is 8370. The molecule has 576 valence electrons. The van der Waals surface area contributed by atoms with Gasteiger partial charge in [0.15, 0.2) is 0 Å². The lowest BCUT2D eigenvalue weighted by Crippen LogP contribution is -1.91. The van der Waals surface area contributed by atoms with Gasteiger partial charge in [0, 0.05) is 0 Å². The normalized spacial score (nSPS) is 11.5. The van der Waals surface area contributed by atoms with Crippen molar-refractivity contribution in [3.8, 4) is 100 Å². The summed E-state index contributed by atoms with van der Waals surface area (Å²) in [4.78, 5) is 0. The van der Waals surface area contributed by atoms with Gasteiger partial charge in [-0.25, -0.2) is 0 Å². The van der Waals surface area contributed by atoms with Crippen molar-refractivity contribution in [2.45, 2.75) is 0 Å². The van der Waals surface area contributed by atoms with Gasteiger partial charge >= 0.3 is 0 Å². The van der Waals surface area contributed by atoms with Gasteiger partial charge in [-0.15, -0.1) is 0 Å². The Labute approximate surface area is 720 Å². The van der Waals surface area contributed by atoms with E-state index in [-0.39, 0.29) is 0 Å². The van der Waals surface area contributed by atoms with Gasteiger partial charge in [0.25, 0.3) is 0 Å². The van der Waals surface area contributed by atoms with Crippen molar-refractivity contribution in [1.29, 1.82) is 0 Å². The number of hydrogen-bond donors (Lipinski definition) is 0. The second-order valence-electron chi connectivity index (χ2n) is 32.7. The molecule has 0 fully saturated rings. The SMILES string of the molecule is c1cc(-c2ccc3ccccc3c2)cc(-c2c3ccccc3c(-c3ccc4ccccc4c3)c3ccccc23)c1.c1cc(-c2cccc3ccccc23)cc(-c2c3ccccc3c(-c3ccc4ccccc4c3)c3ccccc23)c1.c1ccc2c(-c3c4ccccc4c(-c4ccc(-c5cc6ccccc6c6ccccc56)cc4)c4ccccc34)cccc2c1. The average Bonchev–Trinajstić information content (AvgIpc) is 0.732. The predicted molar refractivity (Wildman–Crippen MR) is 536 cm³/mol. The van der Waals surface area contributed by atoms with E-state index in [1.807, 2.05) is 0 Å². The molecule has 0 saturated heterocycles. The van der Waals surface area contributed by atoms with Gasteiger partial charge in [0.05, 0.1) is 0 Å². The highest BCUT2D eigenvalue weighted by Gasteiger charge is 2.23. The van der Waals surface area contributed by atoms with Gasteiger partial charge in [-0.2, -0.15) is 0 Å². The molecule has 0 unspecified atom stereocenters. The molecule has 25 aromatic carbocycles. The largest absolute Gasteiger partial charge is 0.0616 e. The Balaban J connectivity index is 0.000000108. The highest BCUT2D eigenvalue weighted by Crippen LogP contribution is 2.50. The van der Waals surface area contributed by atoms with Crippen LogP contribution >= 0.6 is 0 Å². The smallest absolute Gasteiger partial charge is 0.00201 e. The molecule has 0 nitrogen and oxygen atoms in total. The molecule has 0 amide bonds. The van der Waals surface area contributed by atoms with E-state index in [9.17, 15) is 0 Å². The highest BCUT2D eigenvalue weighted by atomic mass is 14.3. The summed E-state index contributed by atoms with van der Waals surface area (Å²) in [6.07, 6.45) is 0. The maximum Gasteiger partial charge on any atom is -0.00201 e. The predicted octanol–water partition coefficient (Wildman–Crippen LogP) is 35.1. The summed E-state index contributed by atoms with van der Waals surface area (Å²) in [6, 6.07) is 177. The molecule has 0 bridgehead atoms. The van der Waals surface area contributed by atoms with Crippen molar-refractivity contribution in [3.63, 3.8) is 0 Å². The second-order valence-corrected chi connectivity index (χ2v) is 32.7. The van der Waals surface area contributed by atoms with Crippen LogP contribution in [0.3, 0.4) is 0 Å². The minimum Gasteiger partial charge on any atom is -0.0616 e. The standard InChI is InChI=1S/C44H28.2C40H26/c1-3-15-33-29(12-1)14-11-23-37(33)44-40-21-9-7-19-38(40)43(39-20-8-10-22-41(39)44)31-26-24-30(25-27-31)42-28-32-13-2-4-16-34(32)35-17-5-6-18-36(35)42;1-3-12-29-24-32(22-20-27(29)10-1)31-14-9-15-33(26-31)39-35-16-5-7-18-37(35)40(38-19-8-6-17-36(38)39)34-23-21-28-11-2-4-13-30(28)25-34;1-2-13-29-25-32(24-23-27(29)11-1)40-37-20-7-5-18-35(37)39(36-19-6-8-21-38(36)40)31-16-9-15-30(26-31)34-22-10-14-28-12-3-4-17-33(28)34/h1-28H;2*1-26H. The molecular formula is C124H80. The van der Waals surface area contributed by atoms with E-state index in [1.54, 1.807) is 0 Å². The van der Waals surface area contributed by atoms with E-state index in [1.165, 1.54) is 240 Å². The number of rotatable bonds is 9. The Hall–Kier alpha value is -16.1. The Morgan fingerprint density at radius 1 is 0.0806 bits per heavy atom. The van der Waals surface area contributed by atoms with Crippen LogP contribution in [0.1, 0.15) is 0 Å². The van der Waals surface area contributed by atoms with E-state index in [0.29, 0.717) is 0 Å². The Morgan fingerprint density at radius 2 is 0.323 bits per heavy atom. The fourth-order valence-electron chi connectivity index (χ4n) is 20.0. The first-order valence-electron chi connectivity index (χ1n) is 43.0. The maximum absolute atomic E-state index is 2.37. The molecule has 0 radical (unpaired) electrons. The summed E-state index contributed by atoms with van der Waals surface area (Å²) < 4.78 is 0. The van der Waals surface area contributed by atoms with Crippen molar-refractivity contribution >= 4 is 140 Å². The lowest BCUT2D eigenvalue weighted by molar-refractivity contribution is 1.63. The van der Waals surface area contributed by atoms with Crippen LogP contribution in [0, 0.1) is 0 Å². The van der Waals surface area contributed by atoms with Crippen LogP contribution in [0.2, 0.25) is 0 Å². The van der Waals surface area contributed by atoms with E-state index in [0.717, 1.165) is 0 Å². The summed E-state index contributed by atoms with van der Waals surface area (Å²) in [6.45, 7) is 0. The monoisotopic (exact) mass is 1570 g/mol. The van der Waals surface area contributed by atoms with E-state index in [4.69, 9.17) is 0 Å². The topological polar surface area (TPSA) is 0 Å². The molecular weight excluding hydrogens is 1490 g/mol. The van der Waals surface area contributed by atoms with Crippen LogP contribution in [0.15, 0.2) is 485 Å². The van der Waals surface area contributed by atoms with Crippen LogP contribution in [0.25, 0.3) is 240 Å². The number of hydrogen-bond acceptors (Lipinski definition) is 0. The first kappa shape index (κ1) is 73.1. The molecule has 0 heterocycles. The van der Waals surface area contributed by atoms with Crippen LogP contribution in [0.4, 0.5) is 0 Å². The zero-order valence-corrected chi connectivity index (χ0v) is 68.2. The lowest BCUT2D eigenvalue weighted by Gasteiger charge is -2.19. The van der Waals surface area contributed by atoms with Crippen molar-refractivity contribution in [3.05, 3.63) is 485 Å². The molecule has 25 rings (SSSR count). The fourth-order valence-corrected chi connectivity index (χ4v) is 20.0. The van der Waals surface area contributed by atoms with E-state index < -0.39 is 0 Å². The molecule has 25 aromatic rings. The second kappa shape index (κ2) is 31.2. The molecule has 0 aliphatic rings. The minimum absolute atomic E-state index is 1.23. The molecule has 0 spiro atoms. The number of benzene rings is 25. The molecule has 0 aromatic heterocycles. The van der Waals surface area contributed by atoms with Gasteiger partial charge in [-0.3, -0.25) is 0 Å². The van der Waals surface area contributed by atoms with Gasteiger partial charge in [0.1, 0.15) is 0 Å². The molecule has 0 atom stereocenters. The van der Waals surface area contributed by atoms with Gasteiger partial charge in [-0.1, -0.05) is 449 Å². The van der Waals surface area contributed by atoms with Crippen molar-refractivity contribution in [1.82, 2.24) is 0 Å². The van der Waals surface area contributed by atoms with E-state index in [2.05, 4.69) is 485 Å². The first-order valence-corrected chi connectivity index (χ1v) is 43.0. The van der Waals surface area contributed by atoms with Crippen LogP contribution in [-0.2, 0) is 0 Å². The fraction of sp³-hybridized carbons (Fsp3) is 0. The summed E-state index contributed by atoms with van der Waals surface area (Å²) in [5.41, 5.74) is 22.7. The van der Waals surface area contributed by atoms with Gasteiger partial charge < -0.3 is 0 Å². The van der Waals surface area contributed by atoms with Crippen LogP contribution in [-0.4, -0.2) is 0 Å². The third-order valence-electron chi connectivity index (χ3n) is 25.7. The molecule has 0 aliphatic heterocycles. The summed E-state index contributed by atoms with van der Waals surface area (Å²) in [7, 11) is 0. The van der Waals surface area contributed by atoms with Gasteiger partial charge in [0.2, 0.25) is 0 Å².